The van der Waals surface area contributed by atoms with Gasteiger partial charge in [0.1, 0.15) is 22.4 Å². The first-order valence-electron chi connectivity index (χ1n) is 5.61. The highest BCUT2D eigenvalue weighted by atomic mass is 32.2. The third kappa shape index (κ3) is 2.87. The van der Waals surface area contributed by atoms with Gasteiger partial charge in [0.25, 0.3) is 10.0 Å². The van der Waals surface area contributed by atoms with Crippen LogP contribution in [0.25, 0.3) is 0 Å². The van der Waals surface area contributed by atoms with Crippen LogP contribution < -0.4 is 4.72 Å². The second-order valence-corrected chi connectivity index (χ2v) is 5.80. The summed E-state index contributed by atoms with van der Waals surface area (Å²) in [5.41, 5.74) is 1.02. The number of anilines is 1. The standard InChI is InChI=1S/C13H11N3O3S/c1-9-2-5-12(13(17)6-9)16-20(18,19)11-4-3-10(7-14)15-8-11/h2-6,8,16-17H,1H3. The Morgan fingerprint density at radius 2 is 2.05 bits per heavy atom. The molecule has 0 aliphatic heterocycles. The van der Waals surface area contributed by atoms with Gasteiger partial charge in [0.15, 0.2) is 0 Å². The molecule has 2 aromatic rings. The molecule has 0 amide bonds. The van der Waals surface area contributed by atoms with Gasteiger partial charge in [-0.1, -0.05) is 6.07 Å². The van der Waals surface area contributed by atoms with Crippen molar-refractivity contribution in [1.82, 2.24) is 4.98 Å². The fourth-order valence-corrected chi connectivity index (χ4v) is 2.56. The maximum absolute atomic E-state index is 12.1. The van der Waals surface area contributed by atoms with E-state index < -0.39 is 10.0 Å². The van der Waals surface area contributed by atoms with E-state index in [0.29, 0.717) is 0 Å². The average Bonchev–Trinajstić information content (AvgIpc) is 2.42. The van der Waals surface area contributed by atoms with E-state index in [-0.39, 0.29) is 22.0 Å². The van der Waals surface area contributed by atoms with Crippen molar-refractivity contribution in [2.24, 2.45) is 0 Å². The van der Waals surface area contributed by atoms with E-state index >= 15 is 0 Å². The van der Waals surface area contributed by atoms with Gasteiger partial charge in [-0.15, -0.1) is 0 Å². The molecule has 2 rings (SSSR count). The van der Waals surface area contributed by atoms with Crippen molar-refractivity contribution in [3.05, 3.63) is 47.8 Å². The summed E-state index contributed by atoms with van der Waals surface area (Å²) >= 11 is 0. The average molecular weight is 289 g/mol. The molecule has 0 saturated carbocycles. The summed E-state index contributed by atoms with van der Waals surface area (Å²) in [5.74, 6) is -0.157. The lowest BCUT2D eigenvalue weighted by Gasteiger charge is -2.09. The van der Waals surface area contributed by atoms with Crippen molar-refractivity contribution in [3.8, 4) is 11.8 Å². The molecule has 1 aromatic carbocycles. The van der Waals surface area contributed by atoms with E-state index in [1.165, 1.54) is 24.3 Å². The van der Waals surface area contributed by atoms with Gasteiger partial charge in [-0.25, -0.2) is 13.4 Å². The summed E-state index contributed by atoms with van der Waals surface area (Å²) in [5, 5.41) is 18.3. The molecule has 2 N–H and O–H groups in total. The first-order valence-corrected chi connectivity index (χ1v) is 7.09. The predicted octanol–water partition coefficient (Wildman–Crippen LogP) is 1.77. The number of pyridine rings is 1. The lowest BCUT2D eigenvalue weighted by atomic mass is 10.2. The Hall–Kier alpha value is -2.59. The van der Waals surface area contributed by atoms with Crippen LogP contribution in [0, 0.1) is 18.3 Å². The number of nitriles is 1. The molecule has 0 unspecified atom stereocenters. The van der Waals surface area contributed by atoms with E-state index in [2.05, 4.69) is 9.71 Å². The van der Waals surface area contributed by atoms with E-state index in [1.807, 2.05) is 0 Å². The number of phenolic OH excluding ortho intramolecular Hbond substituents is 1. The van der Waals surface area contributed by atoms with Crippen LogP contribution in [0.4, 0.5) is 5.69 Å². The van der Waals surface area contributed by atoms with Gasteiger partial charge in [-0.3, -0.25) is 4.72 Å². The highest BCUT2D eigenvalue weighted by Gasteiger charge is 2.16. The lowest BCUT2D eigenvalue weighted by Crippen LogP contribution is -2.13. The molecule has 7 heteroatoms. The number of sulfonamides is 1. The molecule has 102 valence electrons. The van der Waals surface area contributed by atoms with Crippen LogP contribution in [-0.2, 0) is 10.0 Å². The number of phenols is 1. The molecule has 0 fully saturated rings. The fraction of sp³-hybridized carbons (Fsp3) is 0.0769. The molecule has 0 aliphatic rings. The van der Waals surface area contributed by atoms with Crippen molar-refractivity contribution in [2.75, 3.05) is 4.72 Å². The fourth-order valence-electron chi connectivity index (χ4n) is 1.54. The van der Waals surface area contributed by atoms with Gasteiger partial charge in [-0.05, 0) is 36.8 Å². The Bertz CT molecular complexity index is 777. The maximum atomic E-state index is 12.1. The number of benzene rings is 1. The Morgan fingerprint density at radius 3 is 2.60 bits per heavy atom. The molecular weight excluding hydrogens is 278 g/mol. The number of nitrogens with zero attached hydrogens (tertiary/aromatic N) is 2. The minimum Gasteiger partial charge on any atom is -0.506 e. The zero-order chi connectivity index (χ0) is 14.8. The highest BCUT2D eigenvalue weighted by Crippen LogP contribution is 2.26. The Kier molecular flexibility index (Phi) is 3.59. The van der Waals surface area contributed by atoms with Crippen LogP contribution in [0.3, 0.4) is 0 Å². The zero-order valence-corrected chi connectivity index (χ0v) is 11.3. The van der Waals surface area contributed by atoms with Gasteiger partial charge in [0.2, 0.25) is 0 Å². The van der Waals surface area contributed by atoms with E-state index in [0.717, 1.165) is 11.8 Å². The van der Waals surface area contributed by atoms with Gasteiger partial charge in [0.05, 0.1) is 5.69 Å². The summed E-state index contributed by atoms with van der Waals surface area (Å²) in [6.45, 7) is 1.78. The molecule has 0 spiro atoms. The van der Waals surface area contributed by atoms with Crippen LogP contribution in [0.15, 0.2) is 41.4 Å². The topological polar surface area (TPSA) is 103 Å². The number of rotatable bonds is 3. The number of hydrogen-bond acceptors (Lipinski definition) is 5. The van der Waals surface area contributed by atoms with E-state index in [9.17, 15) is 13.5 Å². The summed E-state index contributed by atoms with van der Waals surface area (Å²) in [7, 11) is -3.86. The Balaban J connectivity index is 2.33. The van der Waals surface area contributed by atoms with Gasteiger partial charge < -0.3 is 5.11 Å². The predicted molar refractivity (Wildman–Crippen MR) is 72.6 cm³/mol. The highest BCUT2D eigenvalue weighted by molar-refractivity contribution is 7.92. The Morgan fingerprint density at radius 1 is 1.30 bits per heavy atom. The van der Waals surface area contributed by atoms with Crippen LogP contribution in [-0.4, -0.2) is 18.5 Å². The number of aromatic hydroxyl groups is 1. The summed E-state index contributed by atoms with van der Waals surface area (Å²) in [6.07, 6.45) is 1.09. The molecule has 0 radical (unpaired) electrons. The Labute approximate surface area is 116 Å². The molecular formula is C13H11N3O3S. The minimum atomic E-state index is -3.86. The van der Waals surface area contributed by atoms with Crippen LogP contribution in [0.1, 0.15) is 11.3 Å². The zero-order valence-electron chi connectivity index (χ0n) is 10.5. The smallest absolute Gasteiger partial charge is 0.263 e. The van der Waals surface area contributed by atoms with Crippen molar-refractivity contribution in [1.29, 1.82) is 5.26 Å². The molecule has 1 aromatic heterocycles. The van der Waals surface area contributed by atoms with E-state index in [4.69, 9.17) is 5.26 Å². The van der Waals surface area contributed by atoms with Crippen LogP contribution in [0.5, 0.6) is 5.75 Å². The van der Waals surface area contributed by atoms with Gasteiger partial charge in [0, 0.05) is 6.20 Å². The molecule has 0 aliphatic carbocycles. The largest absolute Gasteiger partial charge is 0.506 e. The summed E-state index contributed by atoms with van der Waals surface area (Å²) in [4.78, 5) is 3.61. The quantitative estimate of drug-likeness (QED) is 0.838. The summed E-state index contributed by atoms with van der Waals surface area (Å²) < 4.78 is 26.5. The minimum absolute atomic E-state index is 0.0833. The molecule has 0 atom stereocenters. The van der Waals surface area contributed by atoms with Crippen molar-refractivity contribution >= 4 is 15.7 Å². The van der Waals surface area contributed by atoms with Crippen LogP contribution >= 0.6 is 0 Å². The molecule has 20 heavy (non-hydrogen) atoms. The lowest BCUT2D eigenvalue weighted by molar-refractivity contribution is 0.477. The number of aromatic nitrogens is 1. The van der Waals surface area contributed by atoms with Gasteiger partial charge >= 0.3 is 0 Å². The molecule has 0 saturated heterocycles. The number of nitrogens with one attached hydrogen (secondary N) is 1. The van der Waals surface area contributed by atoms with Crippen molar-refractivity contribution in [2.45, 2.75) is 11.8 Å². The SMILES string of the molecule is Cc1ccc(NS(=O)(=O)c2ccc(C#N)nc2)c(O)c1. The third-order valence-corrected chi connectivity index (χ3v) is 3.91. The second kappa shape index (κ2) is 5.19. The molecule has 6 nitrogen and oxygen atoms in total. The second-order valence-electron chi connectivity index (χ2n) is 4.12. The number of aryl methyl sites for hydroxylation is 1. The molecule has 0 bridgehead atoms. The van der Waals surface area contributed by atoms with Crippen LogP contribution in [0.2, 0.25) is 0 Å². The summed E-state index contributed by atoms with van der Waals surface area (Å²) in [6, 6.07) is 8.99. The van der Waals surface area contributed by atoms with E-state index in [1.54, 1.807) is 19.1 Å². The van der Waals surface area contributed by atoms with Crippen molar-refractivity contribution in [3.63, 3.8) is 0 Å². The van der Waals surface area contributed by atoms with Gasteiger partial charge in [-0.2, -0.15) is 5.26 Å². The normalized spacial score (nSPS) is 10.8. The third-order valence-electron chi connectivity index (χ3n) is 2.56. The first kappa shape index (κ1) is 13.8. The molecule has 1 heterocycles. The monoisotopic (exact) mass is 289 g/mol. The van der Waals surface area contributed by atoms with Crippen molar-refractivity contribution < 1.29 is 13.5 Å². The first-order chi connectivity index (χ1) is 9.42. The number of hydrogen-bond donors (Lipinski definition) is 2. The maximum Gasteiger partial charge on any atom is 0.263 e.